The summed E-state index contributed by atoms with van der Waals surface area (Å²) in [6.07, 6.45) is 1.07. The van der Waals surface area contributed by atoms with Crippen molar-refractivity contribution in [2.24, 2.45) is 0 Å². The molecule has 2 aliphatic rings. The summed E-state index contributed by atoms with van der Waals surface area (Å²) in [4.78, 5) is 61.8. The Hall–Kier alpha value is -9.21. The molecule has 16 heteroatoms. The third kappa shape index (κ3) is 15.5. The van der Waals surface area contributed by atoms with Gasteiger partial charge in [0.2, 0.25) is 17.0 Å². The number of aromatic nitrogens is 2. The number of carbonyl (C=O) groups excluding carboxylic acids is 3. The molecule has 0 saturated carbocycles. The number of aliphatic carboxylic acids is 1. The van der Waals surface area contributed by atoms with Crippen LogP contribution in [0.1, 0.15) is 64.4 Å². The molecule has 10 rings (SSSR count). The van der Waals surface area contributed by atoms with Gasteiger partial charge in [-0.25, -0.2) is 19.6 Å². The maximum absolute atomic E-state index is 12.7. The summed E-state index contributed by atoms with van der Waals surface area (Å²) in [6.45, 7) is 6.09. The summed E-state index contributed by atoms with van der Waals surface area (Å²) in [6, 6.07) is 53.7. The summed E-state index contributed by atoms with van der Waals surface area (Å²) in [7, 11) is 0. The fourth-order valence-electron chi connectivity index (χ4n) is 9.52. The number of halogens is 1. The Kier molecular flexibility index (Phi) is 19.2. The van der Waals surface area contributed by atoms with Gasteiger partial charge in [-0.15, -0.1) is 0 Å². The van der Waals surface area contributed by atoms with E-state index in [-0.39, 0.29) is 32.7 Å². The number of carboxylic acids is 1. The van der Waals surface area contributed by atoms with Crippen LogP contribution < -0.4 is 9.47 Å². The molecule has 6 aromatic carbocycles. The number of amides is 2. The topological polar surface area (TPSA) is 184 Å². The second-order valence-electron chi connectivity index (χ2n) is 19.3. The van der Waals surface area contributed by atoms with Gasteiger partial charge in [0.05, 0.1) is 37.6 Å². The van der Waals surface area contributed by atoms with Gasteiger partial charge < -0.3 is 42.7 Å². The molecule has 8 aromatic rings. The number of ether oxygens (including phenoxy) is 4. The maximum atomic E-state index is 12.7. The molecule has 0 fully saturated rings. The molecule has 0 radical (unpaired) electrons. The standard InChI is InChI=1S/C33H32N2O6.C32H29ClN2O5/c1-23-30(34-32(41-23)25-11-6-3-7-12-25)16-18-39-28-14-8-13-26(19-28)29-15-17-35(21-27(29)20-31(36)37)33(38)40-22-24-9-4-2-5-10-24;1-22-29(34-31(40-22)24-11-6-3-7-12-24)16-18-38-26-14-8-13-25(19-26)27-15-17-35(20-28(27)30(33)36)32(37)39-21-23-9-4-2-5-10-23/h2-14,19H,15-18,20-22H2,1H3,(H,36,37);2-14,19H,15-18,20-21H2,1H3. The Bertz CT molecular complexity index is 3510. The first-order chi connectivity index (χ1) is 39.4. The number of nitrogens with zero attached hydrogens (tertiary/aromatic N) is 4. The highest BCUT2D eigenvalue weighted by Crippen LogP contribution is 2.34. The van der Waals surface area contributed by atoms with E-state index in [4.69, 9.17) is 39.4 Å². The van der Waals surface area contributed by atoms with E-state index in [1.54, 1.807) is 4.90 Å². The lowest BCUT2D eigenvalue weighted by atomic mass is 9.91. The lowest BCUT2D eigenvalue weighted by Gasteiger charge is -2.30. The third-order valence-corrected chi connectivity index (χ3v) is 13.9. The molecule has 0 bridgehead atoms. The van der Waals surface area contributed by atoms with E-state index in [0.717, 1.165) is 67.4 Å². The average molecular weight is 1110 g/mol. The Morgan fingerprint density at radius 1 is 0.543 bits per heavy atom. The first-order valence-corrected chi connectivity index (χ1v) is 27.1. The molecule has 0 atom stereocenters. The number of carboxylic acid groups (broad SMARTS) is 1. The van der Waals surface area contributed by atoms with Crippen molar-refractivity contribution < 1.29 is 52.1 Å². The van der Waals surface area contributed by atoms with Crippen LogP contribution in [-0.4, -0.2) is 87.7 Å². The lowest BCUT2D eigenvalue weighted by Crippen LogP contribution is -2.38. The molecule has 0 spiro atoms. The fraction of sp³-hybridized carbons (Fsp3) is 0.231. The van der Waals surface area contributed by atoms with Gasteiger partial charge >= 0.3 is 18.2 Å². The number of oxazole rings is 2. The van der Waals surface area contributed by atoms with Gasteiger partial charge in [-0.2, -0.15) is 0 Å². The molecule has 2 amide bonds. The van der Waals surface area contributed by atoms with Crippen molar-refractivity contribution in [1.29, 1.82) is 0 Å². The largest absolute Gasteiger partial charge is 0.493 e. The second kappa shape index (κ2) is 27.6. The zero-order valence-corrected chi connectivity index (χ0v) is 45.8. The summed E-state index contributed by atoms with van der Waals surface area (Å²) in [5.74, 6) is 3.12. The summed E-state index contributed by atoms with van der Waals surface area (Å²) >= 11 is 5.97. The fourth-order valence-corrected chi connectivity index (χ4v) is 9.70. The minimum absolute atomic E-state index is 0.0888. The first kappa shape index (κ1) is 56.5. The van der Waals surface area contributed by atoms with Crippen molar-refractivity contribution in [2.45, 2.75) is 59.2 Å². The maximum Gasteiger partial charge on any atom is 0.410 e. The summed E-state index contributed by atoms with van der Waals surface area (Å²) < 4.78 is 34.7. The van der Waals surface area contributed by atoms with E-state index in [9.17, 15) is 24.3 Å². The summed E-state index contributed by atoms with van der Waals surface area (Å²) in [5, 5.41) is 8.99. The van der Waals surface area contributed by atoms with Crippen LogP contribution in [-0.2, 0) is 45.1 Å². The predicted molar refractivity (Wildman–Crippen MR) is 307 cm³/mol. The Morgan fingerprint density at radius 2 is 0.963 bits per heavy atom. The van der Waals surface area contributed by atoms with E-state index in [1.807, 2.05) is 184 Å². The molecule has 81 heavy (non-hydrogen) atoms. The number of hydrogen-bond acceptors (Lipinski definition) is 12. The van der Waals surface area contributed by atoms with Gasteiger partial charge in [0.15, 0.2) is 0 Å². The molecule has 4 heterocycles. The molecule has 0 unspecified atom stereocenters. The van der Waals surface area contributed by atoms with Crippen LogP contribution in [0.25, 0.3) is 34.1 Å². The monoisotopic (exact) mass is 1110 g/mol. The molecular weight excluding hydrogens is 1050 g/mol. The minimum atomic E-state index is -0.942. The highest BCUT2D eigenvalue weighted by Gasteiger charge is 2.29. The third-order valence-electron chi connectivity index (χ3n) is 13.7. The molecule has 1 N–H and O–H groups in total. The molecule has 414 valence electrons. The zero-order chi connectivity index (χ0) is 56.5. The zero-order valence-electron chi connectivity index (χ0n) is 45.1. The highest BCUT2D eigenvalue weighted by molar-refractivity contribution is 6.68. The summed E-state index contributed by atoms with van der Waals surface area (Å²) in [5.41, 5.74) is 9.85. The van der Waals surface area contributed by atoms with Gasteiger partial charge in [-0.3, -0.25) is 9.59 Å². The van der Waals surface area contributed by atoms with E-state index in [1.165, 1.54) is 4.90 Å². The van der Waals surface area contributed by atoms with Gasteiger partial charge in [0, 0.05) is 49.2 Å². The van der Waals surface area contributed by atoms with Crippen molar-refractivity contribution in [3.8, 4) is 34.4 Å². The van der Waals surface area contributed by atoms with Crippen LogP contribution >= 0.6 is 11.6 Å². The van der Waals surface area contributed by atoms with Crippen LogP contribution in [0.3, 0.4) is 0 Å². The van der Waals surface area contributed by atoms with E-state index in [0.29, 0.717) is 86.4 Å². The molecule has 0 aliphatic carbocycles. The number of aryl methyl sites for hydroxylation is 2. The number of hydrogen-bond donors (Lipinski definition) is 1. The average Bonchev–Trinajstić information content (AvgIpc) is 4.11. The second-order valence-corrected chi connectivity index (χ2v) is 19.7. The van der Waals surface area contributed by atoms with Crippen LogP contribution in [0.2, 0.25) is 0 Å². The van der Waals surface area contributed by atoms with Gasteiger partial charge in [-0.05, 0) is 126 Å². The Morgan fingerprint density at radius 3 is 1.42 bits per heavy atom. The molecule has 2 aliphatic heterocycles. The minimum Gasteiger partial charge on any atom is -0.493 e. The smallest absolute Gasteiger partial charge is 0.410 e. The van der Waals surface area contributed by atoms with Crippen molar-refractivity contribution >= 4 is 46.1 Å². The van der Waals surface area contributed by atoms with Crippen molar-refractivity contribution in [3.05, 3.63) is 226 Å². The Labute approximate surface area is 475 Å². The normalized spacial score (nSPS) is 13.3. The van der Waals surface area contributed by atoms with Crippen LogP contribution in [0, 0.1) is 13.8 Å². The van der Waals surface area contributed by atoms with Gasteiger partial charge in [-0.1, -0.05) is 121 Å². The van der Waals surface area contributed by atoms with Gasteiger partial charge in [0.1, 0.15) is 36.2 Å². The molecule has 2 aromatic heterocycles. The number of rotatable bonds is 19. The van der Waals surface area contributed by atoms with Gasteiger partial charge in [0.25, 0.3) is 0 Å². The number of carbonyl (C=O) groups is 4. The SMILES string of the molecule is Cc1oc(-c2ccccc2)nc1CCOc1cccc(C2=C(C(=O)Cl)CN(C(=O)OCc3ccccc3)CC2)c1.Cc1oc(-c2ccccc2)nc1CCOc1cccc(C2=C(CC(=O)O)CN(C(=O)OCc3ccccc3)CC2)c1. The van der Waals surface area contributed by atoms with Crippen molar-refractivity contribution in [2.75, 3.05) is 39.4 Å². The number of benzene rings is 6. The molecule has 15 nitrogen and oxygen atoms in total. The van der Waals surface area contributed by atoms with E-state index in [2.05, 4.69) is 9.97 Å². The molecular formula is C65H61ClN4O11. The van der Waals surface area contributed by atoms with Crippen molar-refractivity contribution in [3.63, 3.8) is 0 Å². The molecule has 0 saturated heterocycles. The van der Waals surface area contributed by atoms with Crippen LogP contribution in [0.5, 0.6) is 11.5 Å². The Balaban J connectivity index is 0.000000196. The quantitative estimate of drug-likeness (QED) is 0.0755. The van der Waals surface area contributed by atoms with E-state index >= 15 is 0 Å². The van der Waals surface area contributed by atoms with E-state index < -0.39 is 23.4 Å². The van der Waals surface area contributed by atoms with Crippen molar-refractivity contribution in [1.82, 2.24) is 19.8 Å². The first-order valence-electron chi connectivity index (χ1n) is 26.7. The predicted octanol–water partition coefficient (Wildman–Crippen LogP) is 13.4. The lowest BCUT2D eigenvalue weighted by molar-refractivity contribution is -0.136. The highest BCUT2D eigenvalue weighted by atomic mass is 35.5. The van der Waals surface area contributed by atoms with Crippen LogP contribution in [0.15, 0.2) is 190 Å². The van der Waals surface area contributed by atoms with Crippen LogP contribution in [0.4, 0.5) is 9.59 Å².